The molecule has 22 heavy (non-hydrogen) atoms. The number of amides is 1. The van der Waals surface area contributed by atoms with Gasteiger partial charge in [0.25, 0.3) is 0 Å². The van der Waals surface area contributed by atoms with Gasteiger partial charge < -0.3 is 14.7 Å². The fourth-order valence-corrected chi connectivity index (χ4v) is 2.81. The quantitative estimate of drug-likeness (QED) is 0.907. The highest BCUT2D eigenvalue weighted by Gasteiger charge is 2.42. The van der Waals surface area contributed by atoms with Crippen LogP contribution in [0.3, 0.4) is 0 Å². The number of methoxy groups -OCH3 is 1. The molecule has 0 bridgehead atoms. The zero-order valence-corrected chi connectivity index (χ0v) is 13.3. The lowest BCUT2D eigenvalue weighted by molar-refractivity contribution is -0.147. The monoisotopic (exact) mass is 305 g/mol. The Kier molecular flexibility index (Phi) is 4.74. The van der Waals surface area contributed by atoms with Crippen LogP contribution in [0.4, 0.5) is 0 Å². The van der Waals surface area contributed by atoms with Gasteiger partial charge in [-0.2, -0.15) is 0 Å². The number of carboxylic acids is 1. The van der Waals surface area contributed by atoms with Crippen LogP contribution >= 0.6 is 0 Å². The van der Waals surface area contributed by atoms with Crippen molar-refractivity contribution in [3.8, 4) is 5.75 Å². The summed E-state index contributed by atoms with van der Waals surface area (Å²) in [5.41, 5.74) is 0.238. The van der Waals surface area contributed by atoms with Crippen molar-refractivity contribution in [2.24, 2.45) is 5.41 Å². The number of carboxylic acid groups (broad SMARTS) is 1. The van der Waals surface area contributed by atoms with Crippen molar-refractivity contribution in [2.45, 2.75) is 32.6 Å². The molecule has 1 aliphatic rings. The molecule has 1 heterocycles. The number of carbonyl (C=O) groups excluding carboxylic acids is 1. The molecule has 0 saturated carbocycles. The minimum atomic E-state index is -0.830. The number of benzene rings is 1. The van der Waals surface area contributed by atoms with Gasteiger partial charge in [0.05, 0.1) is 12.5 Å². The molecule has 120 valence electrons. The van der Waals surface area contributed by atoms with Crippen molar-refractivity contribution in [2.75, 3.05) is 20.2 Å². The summed E-state index contributed by atoms with van der Waals surface area (Å²) in [5.74, 6) is 0.0275. The smallest absolute Gasteiger partial charge is 0.311 e. The van der Waals surface area contributed by atoms with Gasteiger partial charge in [-0.15, -0.1) is 0 Å². The van der Waals surface area contributed by atoms with E-state index in [1.54, 1.807) is 18.9 Å². The van der Waals surface area contributed by atoms with Crippen LogP contribution in [0.5, 0.6) is 5.75 Å². The molecule has 0 aliphatic carbocycles. The van der Waals surface area contributed by atoms with E-state index in [0.29, 0.717) is 25.9 Å². The topological polar surface area (TPSA) is 66.8 Å². The Bertz CT molecular complexity index is 572. The molecule has 1 fully saturated rings. The summed E-state index contributed by atoms with van der Waals surface area (Å²) >= 11 is 0. The number of rotatable bonds is 5. The third-order valence-electron chi connectivity index (χ3n) is 4.49. The van der Waals surface area contributed by atoms with Crippen LogP contribution in [0.2, 0.25) is 0 Å². The summed E-state index contributed by atoms with van der Waals surface area (Å²) in [4.78, 5) is 25.3. The Morgan fingerprint density at radius 1 is 1.45 bits per heavy atom. The number of ether oxygens (including phenoxy) is 1. The molecule has 1 aromatic rings. The van der Waals surface area contributed by atoms with Crippen molar-refractivity contribution in [1.29, 1.82) is 0 Å². The summed E-state index contributed by atoms with van der Waals surface area (Å²) < 4.78 is 5.20. The van der Waals surface area contributed by atoms with Crippen molar-refractivity contribution >= 4 is 11.9 Å². The van der Waals surface area contributed by atoms with Gasteiger partial charge in [-0.1, -0.05) is 19.1 Å². The molecule has 1 saturated heterocycles. The van der Waals surface area contributed by atoms with E-state index in [1.807, 2.05) is 31.2 Å². The lowest BCUT2D eigenvalue weighted by Gasteiger charge is -2.22. The van der Waals surface area contributed by atoms with E-state index in [9.17, 15) is 14.7 Å². The van der Waals surface area contributed by atoms with Gasteiger partial charge in [0.15, 0.2) is 0 Å². The molecule has 5 heteroatoms. The Morgan fingerprint density at radius 2 is 2.18 bits per heavy atom. The molecule has 1 amide bonds. The predicted octanol–water partition coefficient (Wildman–Crippen LogP) is 2.51. The fraction of sp³-hybridized carbons (Fsp3) is 0.529. The number of nitrogens with zero attached hydrogens (tertiary/aromatic N) is 1. The highest BCUT2D eigenvalue weighted by atomic mass is 16.5. The van der Waals surface area contributed by atoms with E-state index >= 15 is 0 Å². The van der Waals surface area contributed by atoms with E-state index in [1.165, 1.54) is 0 Å². The number of aliphatic carboxylic acids is 1. The largest absolute Gasteiger partial charge is 0.497 e. The number of hydrogen-bond acceptors (Lipinski definition) is 3. The van der Waals surface area contributed by atoms with Crippen molar-refractivity contribution < 1.29 is 19.4 Å². The molecule has 1 aromatic carbocycles. The first-order valence-corrected chi connectivity index (χ1v) is 7.51. The standard InChI is InChI=1S/C17H23NO4/c1-12(13-5-4-6-14(10-13)22-3)9-15(19)18-8-7-17(2,11-18)16(20)21/h4-6,10,12H,7-9,11H2,1-3H3,(H,20,21)/t12-,17-/m1/s1. The SMILES string of the molecule is COc1cccc([C@H](C)CC(=O)N2CC[C@@](C)(C(=O)O)C2)c1. The van der Waals surface area contributed by atoms with Crippen molar-refractivity contribution in [3.05, 3.63) is 29.8 Å². The lowest BCUT2D eigenvalue weighted by atomic mass is 9.90. The lowest BCUT2D eigenvalue weighted by Crippen LogP contribution is -2.35. The third kappa shape index (κ3) is 3.40. The second-order valence-electron chi connectivity index (χ2n) is 6.31. The van der Waals surface area contributed by atoms with Crippen LogP contribution in [0.25, 0.3) is 0 Å². The molecule has 2 atom stereocenters. The van der Waals surface area contributed by atoms with Crippen molar-refractivity contribution in [1.82, 2.24) is 4.90 Å². The molecule has 1 aliphatic heterocycles. The van der Waals surface area contributed by atoms with Gasteiger partial charge in [0, 0.05) is 19.5 Å². The first kappa shape index (κ1) is 16.3. The maximum absolute atomic E-state index is 12.4. The van der Waals surface area contributed by atoms with Gasteiger partial charge in [0.2, 0.25) is 5.91 Å². The number of likely N-dealkylation sites (tertiary alicyclic amines) is 1. The molecular weight excluding hydrogens is 282 g/mol. The van der Waals surface area contributed by atoms with Gasteiger partial charge in [0.1, 0.15) is 5.75 Å². The highest BCUT2D eigenvalue weighted by Crippen LogP contribution is 2.32. The van der Waals surface area contributed by atoms with Crippen LogP contribution in [0.15, 0.2) is 24.3 Å². The van der Waals surface area contributed by atoms with Gasteiger partial charge >= 0.3 is 5.97 Å². The van der Waals surface area contributed by atoms with E-state index < -0.39 is 11.4 Å². The van der Waals surface area contributed by atoms with Crippen LogP contribution in [-0.2, 0) is 9.59 Å². The Hall–Kier alpha value is -2.04. The zero-order valence-electron chi connectivity index (χ0n) is 13.3. The summed E-state index contributed by atoms with van der Waals surface area (Å²) in [5, 5.41) is 9.24. The van der Waals surface area contributed by atoms with E-state index in [-0.39, 0.29) is 11.8 Å². The van der Waals surface area contributed by atoms with Gasteiger partial charge in [-0.05, 0) is 37.0 Å². The Balaban J connectivity index is 1.98. The minimum Gasteiger partial charge on any atom is -0.497 e. The second-order valence-corrected chi connectivity index (χ2v) is 6.31. The molecule has 0 aromatic heterocycles. The fourth-order valence-electron chi connectivity index (χ4n) is 2.81. The first-order chi connectivity index (χ1) is 10.4. The molecule has 5 nitrogen and oxygen atoms in total. The van der Waals surface area contributed by atoms with Crippen LogP contribution in [0, 0.1) is 5.41 Å². The molecular formula is C17H23NO4. The van der Waals surface area contributed by atoms with E-state index in [4.69, 9.17) is 4.74 Å². The summed E-state index contributed by atoms with van der Waals surface area (Å²) in [7, 11) is 1.62. The minimum absolute atomic E-state index is 0.0142. The maximum Gasteiger partial charge on any atom is 0.311 e. The molecule has 0 unspecified atom stereocenters. The summed E-state index contributed by atoms with van der Waals surface area (Å²) in [6.07, 6.45) is 0.893. The van der Waals surface area contributed by atoms with Crippen molar-refractivity contribution in [3.63, 3.8) is 0 Å². The number of hydrogen-bond donors (Lipinski definition) is 1. The van der Waals surface area contributed by atoms with Crippen LogP contribution < -0.4 is 4.74 Å². The normalized spacial score (nSPS) is 22.4. The van der Waals surface area contributed by atoms with E-state index in [0.717, 1.165) is 11.3 Å². The average molecular weight is 305 g/mol. The summed E-state index contributed by atoms with van der Waals surface area (Å²) in [6, 6.07) is 7.69. The molecule has 1 N–H and O–H groups in total. The maximum atomic E-state index is 12.4. The van der Waals surface area contributed by atoms with Gasteiger partial charge in [-0.25, -0.2) is 0 Å². The van der Waals surface area contributed by atoms with Gasteiger partial charge in [-0.3, -0.25) is 9.59 Å². The second kappa shape index (κ2) is 6.38. The molecule has 0 radical (unpaired) electrons. The predicted molar refractivity (Wildman–Crippen MR) is 83.0 cm³/mol. The molecule has 0 spiro atoms. The van der Waals surface area contributed by atoms with Crippen LogP contribution in [-0.4, -0.2) is 42.1 Å². The Labute approximate surface area is 130 Å². The third-order valence-corrected chi connectivity index (χ3v) is 4.49. The number of carbonyl (C=O) groups is 2. The van der Waals surface area contributed by atoms with Crippen LogP contribution in [0.1, 0.15) is 38.2 Å². The van der Waals surface area contributed by atoms with E-state index in [2.05, 4.69) is 0 Å². The first-order valence-electron chi connectivity index (χ1n) is 7.51. The Morgan fingerprint density at radius 3 is 2.77 bits per heavy atom. The highest BCUT2D eigenvalue weighted by molar-refractivity contribution is 5.81. The zero-order chi connectivity index (χ0) is 16.3. The molecule has 2 rings (SSSR count). The average Bonchev–Trinajstić information content (AvgIpc) is 2.91. The summed E-state index contributed by atoms with van der Waals surface area (Å²) in [6.45, 7) is 4.52.